The predicted octanol–water partition coefficient (Wildman–Crippen LogP) is -0.138. The van der Waals surface area contributed by atoms with Gasteiger partial charge in [0.25, 0.3) is 0 Å². The Morgan fingerprint density at radius 3 is 1.50 bits per heavy atom. The van der Waals surface area contributed by atoms with Crippen LogP contribution in [0.25, 0.3) is 0 Å². The Balaban J connectivity index is 0. The molecule has 3 heteroatoms. The molecule has 64 valence electrons. The molecule has 0 aromatic carbocycles. The van der Waals surface area contributed by atoms with Gasteiger partial charge >= 0.3 is 0 Å². The van der Waals surface area contributed by atoms with E-state index in [0.717, 1.165) is 26.2 Å². The molecule has 0 radical (unpaired) electrons. The maximum absolute atomic E-state index is 5.28. The van der Waals surface area contributed by atoms with Crippen LogP contribution in [0.4, 0.5) is 0 Å². The van der Waals surface area contributed by atoms with E-state index in [4.69, 9.17) is 11.5 Å². The lowest BCUT2D eigenvalue weighted by atomic mass is 10.5. The first-order chi connectivity index (χ1) is 4.81. The molecule has 0 heterocycles. The summed E-state index contributed by atoms with van der Waals surface area (Å²) in [7, 11) is 2.01. The van der Waals surface area contributed by atoms with Crippen molar-refractivity contribution in [3.63, 3.8) is 0 Å². The van der Waals surface area contributed by atoms with Gasteiger partial charge in [-0.3, -0.25) is 0 Å². The second-order valence-electron chi connectivity index (χ2n) is 1.88. The zero-order valence-electron chi connectivity index (χ0n) is 7.43. The number of hydrogen-bond acceptors (Lipinski definition) is 3. The van der Waals surface area contributed by atoms with Crippen LogP contribution in [0.15, 0.2) is 0 Å². The smallest absolute Gasteiger partial charge is 0.0102 e. The lowest BCUT2D eigenvalue weighted by molar-refractivity contribution is 0.353. The van der Waals surface area contributed by atoms with Gasteiger partial charge in [-0.15, -0.1) is 0 Å². The van der Waals surface area contributed by atoms with Crippen LogP contribution in [0.5, 0.6) is 0 Å². The maximum Gasteiger partial charge on any atom is 0.0102 e. The molecule has 0 unspecified atom stereocenters. The summed E-state index contributed by atoms with van der Waals surface area (Å²) in [5.74, 6) is 0. The Morgan fingerprint density at radius 2 is 1.30 bits per heavy atom. The van der Waals surface area contributed by atoms with E-state index in [1.807, 2.05) is 20.9 Å². The van der Waals surface area contributed by atoms with Crippen LogP contribution >= 0.6 is 0 Å². The van der Waals surface area contributed by atoms with Crippen LogP contribution < -0.4 is 11.5 Å². The van der Waals surface area contributed by atoms with Crippen molar-refractivity contribution in [2.45, 2.75) is 13.8 Å². The standard InChI is InChI=1S/C5H15N3.C2H6/c1-8(4-2-6)5-3-7;1-2/h2-7H2,1H3;1-2H3. The van der Waals surface area contributed by atoms with E-state index in [1.54, 1.807) is 0 Å². The molecular formula is C7H21N3. The number of rotatable bonds is 4. The van der Waals surface area contributed by atoms with Gasteiger partial charge in [0.05, 0.1) is 0 Å². The van der Waals surface area contributed by atoms with Gasteiger partial charge in [-0.1, -0.05) is 13.8 Å². The van der Waals surface area contributed by atoms with Crippen molar-refractivity contribution in [1.29, 1.82) is 0 Å². The number of nitrogens with zero attached hydrogens (tertiary/aromatic N) is 1. The Hall–Kier alpha value is -0.120. The van der Waals surface area contributed by atoms with Crippen molar-refractivity contribution in [1.82, 2.24) is 4.90 Å². The fourth-order valence-corrected chi connectivity index (χ4v) is 0.553. The van der Waals surface area contributed by atoms with Gasteiger partial charge in [-0.2, -0.15) is 0 Å². The summed E-state index contributed by atoms with van der Waals surface area (Å²) in [5.41, 5.74) is 10.6. The molecule has 10 heavy (non-hydrogen) atoms. The summed E-state index contributed by atoms with van der Waals surface area (Å²) in [6, 6.07) is 0. The number of likely N-dealkylation sites (N-methyl/N-ethyl adjacent to an activating group) is 1. The largest absolute Gasteiger partial charge is 0.329 e. The van der Waals surface area contributed by atoms with E-state index in [-0.39, 0.29) is 0 Å². The summed E-state index contributed by atoms with van der Waals surface area (Å²) in [6.45, 7) is 7.32. The van der Waals surface area contributed by atoms with Crippen LogP contribution in [0.1, 0.15) is 13.8 Å². The molecule has 0 saturated carbocycles. The Morgan fingerprint density at radius 1 is 1.00 bits per heavy atom. The normalized spacial score (nSPS) is 9.00. The van der Waals surface area contributed by atoms with E-state index < -0.39 is 0 Å². The van der Waals surface area contributed by atoms with Gasteiger partial charge in [-0.05, 0) is 7.05 Å². The lowest BCUT2D eigenvalue weighted by Crippen LogP contribution is -2.30. The summed E-state index contributed by atoms with van der Waals surface area (Å²) in [6.07, 6.45) is 0. The van der Waals surface area contributed by atoms with E-state index in [1.165, 1.54) is 0 Å². The average molecular weight is 147 g/mol. The summed E-state index contributed by atoms with van der Waals surface area (Å²) in [5, 5.41) is 0. The van der Waals surface area contributed by atoms with E-state index in [2.05, 4.69) is 4.90 Å². The number of nitrogens with two attached hydrogens (primary N) is 2. The second kappa shape index (κ2) is 11.6. The molecule has 3 nitrogen and oxygen atoms in total. The van der Waals surface area contributed by atoms with Crippen molar-refractivity contribution in [3.8, 4) is 0 Å². The van der Waals surface area contributed by atoms with Crippen LogP contribution in [0, 0.1) is 0 Å². The highest BCUT2D eigenvalue weighted by molar-refractivity contribution is 4.50. The third-order valence-electron chi connectivity index (χ3n) is 1.02. The molecule has 0 saturated heterocycles. The lowest BCUT2D eigenvalue weighted by Gasteiger charge is -2.12. The van der Waals surface area contributed by atoms with Gasteiger partial charge in [0.15, 0.2) is 0 Å². The molecule has 0 aliphatic heterocycles. The predicted molar refractivity (Wildman–Crippen MR) is 47.0 cm³/mol. The Bertz CT molecular complexity index is 42.1. The summed E-state index contributed by atoms with van der Waals surface area (Å²) in [4.78, 5) is 2.11. The molecule has 0 amide bonds. The first-order valence-electron chi connectivity index (χ1n) is 3.90. The summed E-state index contributed by atoms with van der Waals surface area (Å²) >= 11 is 0. The highest BCUT2D eigenvalue weighted by atomic mass is 15.1. The monoisotopic (exact) mass is 147 g/mol. The van der Waals surface area contributed by atoms with Crippen LogP contribution in [-0.2, 0) is 0 Å². The molecule has 0 spiro atoms. The Labute approximate surface area is 64.4 Å². The minimum absolute atomic E-state index is 0.719. The molecule has 0 aliphatic carbocycles. The van der Waals surface area contributed by atoms with Crippen LogP contribution in [0.2, 0.25) is 0 Å². The Kier molecular flexibility index (Phi) is 14.6. The zero-order chi connectivity index (χ0) is 8.41. The van der Waals surface area contributed by atoms with Gasteiger partial charge in [-0.25, -0.2) is 0 Å². The molecule has 0 bridgehead atoms. The maximum atomic E-state index is 5.28. The first kappa shape index (κ1) is 12.5. The van der Waals surface area contributed by atoms with Crippen molar-refractivity contribution in [3.05, 3.63) is 0 Å². The molecule has 4 N–H and O–H groups in total. The fraction of sp³-hybridized carbons (Fsp3) is 1.00. The van der Waals surface area contributed by atoms with Gasteiger partial charge in [0, 0.05) is 26.2 Å². The van der Waals surface area contributed by atoms with Crippen molar-refractivity contribution in [2.24, 2.45) is 11.5 Å². The van der Waals surface area contributed by atoms with Crippen LogP contribution in [0.3, 0.4) is 0 Å². The third-order valence-corrected chi connectivity index (χ3v) is 1.02. The van der Waals surface area contributed by atoms with Crippen LogP contribution in [-0.4, -0.2) is 38.1 Å². The molecular weight excluding hydrogens is 126 g/mol. The molecule has 0 aliphatic rings. The molecule has 0 atom stereocenters. The highest BCUT2D eigenvalue weighted by Crippen LogP contribution is 1.74. The minimum atomic E-state index is 0.719. The fourth-order valence-electron chi connectivity index (χ4n) is 0.553. The first-order valence-corrected chi connectivity index (χ1v) is 3.90. The quantitative estimate of drug-likeness (QED) is 0.582. The second-order valence-corrected chi connectivity index (χ2v) is 1.88. The topological polar surface area (TPSA) is 55.3 Å². The van der Waals surface area contributed by atoms with E-state index in [9.17, 15) is 0 Å². The molecule has 0 aromatic rings. The minimum Gasteiger partial charge on any atom is -0.329 e. The average Bonchev–Trinajstić information content (AvgIpc) is 1.93. The molecule has 0 rings (SSSR count). The van der Waals surface area contributed by atoms with Crippen molar-refractivity contribution in [2.75, 3.05) is 33.2 Å². The van der Waals surface area contributed by atoms with E-state index in [0.29, 0.717) is 0 Å². The third kappa shape index (κ3) is 10.8. The molecule has 0 aromatic heterocycles. The molecule has 0 fully saturated rings. The SMILES string of the molecule is CC.CN(CCN)CCN. The van der Waals surface area contributed by atoms with Gasteiger partial charge in [0.1, 0.15) is 0 Å². The van der Waals surface area contributed by atoms with Gasteiger partial charge in [0.2, 0.25) is 0 Å². The van der Waals surface area contributed by atoms with E-state index >= 15 is 0 Å². The summed E-state index contributed by atoms with van der Waals surface area (Å²) < 4.78 is 0. The highest BCUT2D eigenvalue weighted by Gasteiger charge is 1.90. The van der Waals surface area contributed by atoms with Crippen molar-refractivity contribution < 1.29 is 0 Å². The number of hydrogen-bond donors (Lipinski definition) is 2. The zero-order valence-corrected chi connectivity index (χ0v) is 7.43. The van der Waals surface area contributed by atoms with Crippen molar-refractivity contribution >= 4 is 0 Å². The van der Waals surface area contributed by atoms with Gasteiger partial charge < -0.3 is 16.4 Å².